The molecule has 34 heavy (non-hydrogen) atoms. The molecule has 2 amide bonds. The number of nitrogens with one attached hydrogen (secondary N) is 2. The van der Waals surface area contributed by atoms with E-state index in [9.17, 15) is 18.4 Å². The van der Waals surface area contributed by atoms with Crippen LogP contribution in [0.4, 0.5) is 19.3 Å². The molecule has 0 bridgehead atoms. The highest BCUT2D eigenvalue weighted by atomic mass is 35.5. The summed E-state index contributed by atoms with van der Waals surface area (Å²) in [6.07, 6.45) is 0. The lowest BCUT2D eigenvalue weighted by Gasteiger charge is -2.38. The molecule has 2 N–H and O–H groups in total. The van der Waals surface area contributed by atoms with E-state index in [1.807, 2.05) is 24.3 Å². The van der Waals surface area contributed by atoms with Gasteiger partial charge in [0.1, 0.15) is 0 Å². The number of esters is 1. The van der Waals surface area contributed by atoms with Crippen LogP contribution in [0.3, 0.4) is 0 Å². The fraction of sp³-hybridized carbons (Fsp3) is 0.333. The maximum absolute atomic E-state index is 13.9. The molecule has 2 heterocycles. The quantitative estimate of drug-likeness (QED) is 0.605. The molecule has 0 aliphatic carbocycles. The van der Waals surface area contributed by atoms with E-state index in [4.69, 9.17) is 16.3 Å². The summed E-state index contributed by atoms with van der Waals surface area (Å²) in [6, 6.07) is 9.44. The molecule has 2 aromatic carbocycles. The molecule has 2 aliphatic rings. The number of anilines is 1. The second-order valence-electron chi connectivity index (χ2n) is 8.06. The molecule has 0 radical (unpaired) electrons. The van der Waals surface area contributed by atoms with Gasteiger partial charge in [0.2, 0.25) is 0 Å². The summed E-state index contributed by atoms with van der Waals surface area (Å²) >= 11 is 5.98. The van der Waals surface area contributed by atoms with Crippen molar-refractivity contribution < 1.29 is 23.1 Å². The van der Waals surface area contributed by atoms with Crippen molar-refractivity contribution in [2.45, 2.75) is 13.0 Å². The van der Waals surface area contributed by atoms with E-state index < -0.39 is 29.7 Å². The summed E-state index contributed by atoms with van der Waals surface area (Å²) in [4.78, 5) is 29.7. The fourth-order valence-electron chi connectivity index (χ4n) is 4.17. The van der Waals surface area contributed by atoms with Gasteiger partial charge >= 0.3 is 12.0 Å². The number of carbonyl (C=O) groups excluding carboxylic acids is 2. The van der Waals surface area contributed by atoms with Crippen molar-refractivity contribution in [1.82, 2.24) is 15.5 Å². The Labute approximate surface area is 201 Å². The maximum atomic E-state index is 13.9. The second kappa shape index (κ2) is 10.4. The molecule has 180 valence electrons. The molecule has 4 rings (SSSR count). The predicted octanol–water partition coefficient (Wildman–Crippen LogP) is 3.61. The molecule has 1 unspecified atom stereocenters. The van der Waals surface area contributed by atoms with Gasteiger partial charge in [-0.3, -0.25) is 4.90 Å². The Hall–Kier alpha value is -3.17. The van der Waals surface area contributed by atoms with Gasteiger partial charge in [0.25, 0.3) is 0 Å². The summed E-state index contributed by atoms with van der Waals surface area (Å²) in [5.41, 5.74) is 1.88. The van der Waals surface area contributed by atoms with Gasteiger partial charge < -0.3 is 20.3 Å². The van der Waals surface area contributed by atoms with E-state index in [1.54, 1.807) is 6.92 Å². The second-order valence-corrected chi connectivity index (χ2v) is 8.49. The van der Waals surface area contributed by atoms with Gasteiger partial charge in [-0.2, -0.15) is 0 Å². The first-order valence-electron chi connectivity index (χ1n) is 11.0. The Morgan fingerprint density at radius 3 is 2.44 bits per heavy atom. The standard InChI is InChI=1S/C24H25ClF2N4O3/c1-2-34-23(32)21-20(28-24(33)29-22(21)15-3-8-18(26)19(27)13-15)14-30-9-11-31(12-10-30)17-6-4-16(25)5-7-17/h3-8,13,22H,2,9-12,14H2,1H3,(H2,28,29,33). The lowest BCUT2D eigenvalue weighted by atomic mass is 9.94. The molecule has 1 atom stereocenters. The Bertz CT molecular complexity index is 1100. The van der Waals surface area contributed by atoms with Crippen molar-refractivity contribution in [2.75, 3.05) is 44.2 Å². The summed E-state index contributed by atoms with van der Waals surface area (Å²) in [5, 5.41) is 6.03. The predicted molar refractivity (Wildman–Crippen MR) is 125 cm³/mol. The summed E-state index contributed by atoms with van der Waals surface area (Å²) in [7, 11) is 0. The smallest absolute Gasteiger partial charge is 0.338 e. The number of ether oxygens (including phenoxy) is 1. The third-order valence-electron chi connectivity index (χ3n) is 5.87. The third-order valence-corrected chi connectivity index (χ3v) is 6.12. The van der Waals surface area contributed by atoms with Crippen LogP contribution in [0.15, 0.2) is 53.7 Å². The van der Waals surface area contributed by atoms with Gasteiger partial charge in [0.15, 0.2) is 11.6 Å². The Morgan fingerprint density at radius 1 is 1.09 bits per heavy atom. The van der Waals surface area contributed by atoms with Crippen molar-refractivity contribution in [2.24, 2.45) is 0 Å². The molecular weight excluding hydrogens is 466 g/mol. The lowest BCUT2D eigenvalue weighted by molar-refractivity contribution is -0.139. The molecule has 0 spiro atoms. The topological polar surface area (TPSA) is 73.9 Å². The van der Waals surface area contributed by atoms with Crippen molar-refractivity contribution in [1.29, 1.82) is 0 Å². The van der Waals surface area contributed by atoms with Gasteiger partial charge in [-0.05, 0) is 48.9 Å². The van der Waals surface area contributed by atoms with Gasteiger partial charge in [0.05, 0.1) is 18.2 Å². The number of hydrogen-bond acceptors (Lipinski definition) is 5. The van der Waals surface area contributed by atoms with Crippen molar-refractivity contribution in [3.63, 3.8) is 0 Å². The highest BCUT2D eigenvalue weighted by molar-refractivity contribution is 6.30. The zero-order valence-electron chi connectivity index (χ0n) is 18.6. The number of nitrogens with zero attached hydrogens (tertiary/aromatic N) is 2. The number of piperazine rings is 1. The number of urea groups is 1. The summed E-state index contributed by atoms with van der Waals surface area (Å²) in [6.45, 7) is 5.01. The van der Waals surface area contributed by atoms with E-state index in [2.05, 4.69) is 20.4 Å². The molecule has 1 saturated heterocycles. The Morgan fingerprint density at radius 2 is 1.79 bits per heavy atom. The van der Waals surface area contributed by atoms with E-state index >= 15 is 0 Å². The minimum absolute atomic E-state index is 0.133. The van der Waals surface area contributed by atoms with Gasteiger partial charge in [-0.25, -0.2) is 18.4 Å². The molecule has 7 nitrogen and oxygen atoms in total. The van der Waals surface area contributed by atoms with Crippen LogP contribution in [0.25, 0.3) is 0 Å². The zero-order chi connectivity index (χ0) is 24.2. The Balaban J connectivity index is 1.56. The number of benzene rings is 2. The number of carbonyl (C=O) groups is 2. The van der Waals surface area contributed by atoms with Gasteiger partial charge in [-0.15, -0.1) is 0 Å². The number of hydrogen-bond donors (Lipinski definition) is 2. The minimum Gasteiger partial charge on any atom is -0.463 e. The van der Waals surface area contributed by atoms with Crippen LogP contribution in [-0.4, -0.2) is 56.2 Å². The summed E-state index contributed by atoms with van der Waals surface area (Å²) in [5.74, 6) is -2.70. The molecule has 2 aromatic rings. The number of amides is 2. The molecular formula is C24H25ClF2N4O3. The van der Waals surface area contributed by atoms with Crippen LogP contribution in [0, 0.1) is 11.6 Å². The number of rotatable bonds is 6. The van der Waals surface area contributed by atoms with Crippen LogP contribution in [0.1, 0.15) is 18.5 Å². The maximum Gasteiger partial charge on any atom is 0.338 e. The summed E-state index contributed by atoms with van der Waals surface area (Å²) < 4.78 is 32.6. The van der Waals surface area contributed by atoms with Crippen LogP contribution < -0.4 is 15.5 Å². The fourth-order valence-corrected chi connectivity index (χ4v) is 4.30. The van der Waals surface area contributed by atoms with Crippen molar-refractivity contribution in [3.05, 3.63) is 76.0 Å². The first kappa shape index (κ1) is 24.0. The van der Waals surface area contributed by atoms with Crippen LogP contribution >= 0.6 is 11.6 Å². The van der Waals surface area contributed by atoms with Crippen molar-refractivity contribution in [3.8, 4) is 0 Å². The normalized spacial score (nSPS) is 19.0. The van der Waals surface area contributed by atoms with E-state index in [1.165, 1.54) is 6.07 Å². The highest BCUT2D eigenvalue weighted by Gasteiger charge is 2.35. The molecule has 0 saturated carbocycles. The SMILES string of the molecule is CCOC(=O)C1=C(CN2CCN(c3ccc(Cl)cc3)CC2)NC(=O)NC1c1ccc(F)c(F)c1. The first-order chi connectivity index (χ1) is 16.4. The van der Waals surface area contributed by atoms with Gasteiger partial charge in [-0.1, -0.05) is 17.7 Å². The average Bonchev–Trinajstić information content (AvgIpc) is 2.81. The van der Waals surface area contributed by atoms with E-state index in [0.29, 0.717) is 30.4 Å². The van der Waals surface area contributed by atoms with Crippen LogP contribution in [0.2, 0.25) is 5.02 Å². The molecule has 0 aromatic heterocycles. The van der Waals surface area contributed by atoms with Crippen molar-refractivity contribution >= 4 is 29.3 Å². The van der Waals surface area contributed by atoms with E-state index in [0.717, 1.165) is 30.9 Å². The first-order valence-corrected chi connectivity index (χ1v) is 11.4. The van der Waals surface area contributed by atoms with E-state index in [-0.39, 0.29) is 17.7 Å². The monoisotopic (exact) mass is 490 g/mol. The average molecular weight is 491 g/mol. The Kier molecular flexibility index (Phi) is 7.33. The molecule has 10 heteroatoms. The molecule has 1 fully saturated rings. The highest BCUT2D eigenvalue weighted by Crippen LogP contribution is 2.29. The largest absolute Gasteiger partial charge is 0.463 e. The molecule has 2 aliphatic heterocycles. The van der Waals surface area contributed by atoms with Crippen LogP contribution in [-0.2, 0) is 9.53 Å². The minimum atomic E-state index is -1.06. The lowest BCUT2D eigenvalue weighted by Crippen LogP contribution is -2.51. The van der Waals surface area contributed by atoms with Gasteiger partial charge in [0, 0.05) is 49.1 Å². The zero-order valence-corrected chi connectivity index (χ0v) is 19.4. The number of halogens is 3. The van der Waals surface area contributed by atoms with Crippen LogP contribution in [0.5, 0.6) is 0 Å². The third kappa shape index (κ3) is 5.31.